The van der Waals surface area contributed by atoms with Gasteiger partial charge >= 0.3 is 7.82 Å². The van der Waals surface area contributed by atoms with Crippen LogP contribution in [0.5, 0.6) is 5.75 Å². The van der Waals surface area contributed by atoms with E-state index >= 15 is 0 Å². The first-order valence-corrected chi connectivity index (χ1v) is 6.80. The number of benzene rings is 2. The van der Waals surface area contributed by atoms with Gasteiger partial charge in [-0.05, 0) is 11.5 Å². The molecule has 0 radical (unpaired) electrons. The van der Waals surface area contributed by atoms with E-state index in [1.54, 1.807) is 12.1 Å². The SMILES string of the molecule is O=P(O)(OI)Oc1cccc2ccccc12. The molecule has 0 amide bonds. The number of fused-ring (bicyclic) bond motifs is 1. The van der Waals surface area contributed by atoms with Crippen molar-refractivity contribution >= 4 is 41.6 Å². The molecule has 0 aliphatic rings. The van der Waals surface area contributed by atoms with Gasteiger partial charge in [-0.2, -0.15) is 0 Å². The van der Waals surface area contributed by atoms with Crippen molar-refractivity contribution in [1.29, 1.82) is 0 Å². The van der Waals surface area contributed by atoms with E-state index in [4.69, 9.17) is 4.52 Å². The van der Waals surface area contributed by atoms with Crippen LogP contribution in [0.1, 0.15) is 0 Å². The first-order chi connectivity index (χ1) is 7.62. The summed E-state index contributed by atoms with van der Waals surface area (Å²) in [6.45, 7) is 0. The minimum absolute atomic E-state index is 0.334. The first-order valence-electron chi connectivity index (χ1n) is 4.43. The average molecular weight is 350 g/mol. The van der Waals surface area contributed by atoms with Gasteiger partial charge in [0.05, 0.1) is 0 Å². The van der Waals surface area contributed by atoms with Gasteiger partial charge in [-0.25, -0.2) is 7.42 Å². The lowest BCUT2D eigenvalue weighted by molar-refractivity contribution is 0.319. The molecule has 6 heteroatoms. The number of rotatable bonds is 3. The van der Waals surface area contributed by atoms with E-state index in [2.05, 4.69) is 2.85 Å². The van der Waals surface area contributed by atoms with Gasteiger partial charge in [-0.1, -0.05) is 36.4 Å². The van der Waals surface area contributed by atoms with E-state index in [1.807, 2.05) is 30.3 Å². The van der Waals surface area contributed by atoms with Gasteiger partial charge in [0.25, 0.3) is 0 Å². The fraction of sp³-hybridized carbons (Fsp3) is 0. The molecule has 1 unspecified atom stereocenters. The number of phosphoric ester groups is 1. The maximum Gasteiger partial charge on any atom is 0.537 e. The Bertz CT molecular complexity index is 552. The Hall–Kier alpha value is -0.620. The molecule has 0 aromatic heterocycles. The third kappa shape index (κ3) is 2.55. The molecular formula is C10H8IO4P. The van der Waals surface area contributed by atoms with Gasteiger partial charge in [-0.3, -0.25) is 4.89 Å². The fourth-order valence-electron chi connectivity index (χ4n) is 1.41. The molecule has 0 spiro atoms. The minimum Gasteiger partial charge on any atom is -0.403 e. The second-order valence-electron chi connectivity index (χ2n) is 3.11. The highest BCUT2D eigenvalue weighted by Gasteiger charge is 2.22. The van der Waals surface area contributed by atoms with Gasteiger partial charge in [0.15, 0.2) is 0 Å². The number of halogens is 1. The Morgan fingerprint density at radius 1 is 1.12 bits per heavy atom. The van der Waals surface area contributed by atoms with Crippen LogP contribution >= 0.6 is 30.8 Å². The van der Waals surface area contributed by atoms with Gasteiger partial charge in [0.1, 0.15) is 28.8 Å². The third-order valence-corrected chi connectivity index (χ3v) is 4.15. The Morgan fingerprint density at radius 3 is 2.56 bits per heavy atom. The lowest BCUT2D eigenvalue weighted by Gasteiger charge is -2.11. The lowest BCUT2D eigenvalue weighted by Crippen LogP contribution is -1.91. The van der Waals surface area contributed by atoms with Gasteiger partial charge in [-0.15, -0.1) is 0 Å². The molecule has 2 aromatic rings. The van der Waals surface area contributed by atoms with E-state index in [0.717, 1.165) is 10.8 Å². The maximum atomic E-state index is 11.3. The minimum atomic E-state index is -4.01. The molecule has 0 fully saturated rings. The molecule has 1 atom stereocenters. The molecule has 84 valence electrons. The van der Waals surface area contributed by atoms with Crippen molar-refractivity contribution in [3.05, 3.63) is 42.5 Å². The third-order valence-electron chi connectivity index (χ3n) is 2.05. The van der Waals surface area contributed by atoms with Crippen molar-refractivity contribution in [3.8, 4) is 5.75 Å². The summed E-state index contributed by atoms with van der Waals surface area (Å²) < 4.78 is 20.6. The van der Waals surface area contributed by atoms with Crippen molar-refractivity contribution < 1.29 is 16.8 Å². The summed E-state index contributed by atoms with van der Waals surface area (Å²) in [5, 5.41) is 1.71. The van der Waals surface area contributed by atoms with Gasteiger partial charge < -0.3 is 4.52 Å². The topological polar surface area (TPSA) is 55.8 Å². The molecule has 2 rings (SSSR count). The normalized spacial score (nSPS) is 14.6. The Labute approximate surface area is 106 Å². The van der Waals surface area contributed by atoms with E-state index in [0.29, 0.717) is 5.75 Å². The zero-order chi connectivity index (χ0) is 11.6. The average Bonchev–Trinajstić information content (AvgIpc) is 2.29. The molecule has 4 nitrogen and oxygen atoms in total. The van der Waals surface area contributed by atoms with E-state index < -0.39 is 7.82 Å². The first kappa shape index (κ1) is 11.9. The van der Waals surface area contributed by atoms with Crippen LogP contribution in [0.2, 0.25) is 0 Å². The lowest BCUT2D eigenvalue weighted by atomic mass is 10.1. The standard InChI is InChI=1S/C10H8IO4P/c11-15-16(12,13)14-10-7-3-5-8-4-1-2-6-9(8)10/h1-7H,(H,12,13). The summed E-state index contributed by atoms with van der Waals surface area (Å²) in [7, 11) is -4.01. The summed E-state index contributed by atoms with van der Waals surface area (Å²) in [4.78, 5) is 9.24. The molecule has 2 aromatic carbocycles. The van der Waals surface area contributed by atoms with E-state index in [1.165, 1.54) is 23.0 Å². The van der Waals surface area contributed by atoms with Gasteiger partial charge in [0.2, 0.25) is 0 Å². The highest BCUT2D eigenvalue weighted by atomic mass is 127. The zero-order valence-corrected chi connectivity index (χ0v) is 11.1. The van der Waals surface area contributed by atoms with E-state index in [-0.39, 0.29) is 0 Å². The summed E-state index contributed by atoms with van der Waals surface area (Å²) in [6.07, 6.45) is 0. The van der Waals surface area contributed by atoms with Crippen LogP contribution in [0, 0.1) is 0 Å². The predicted molar refractivity (Wildman–Crippen MR) is 69.5 cm³/mol. The van der Waals surface area contributed by atoms with Crippen LogP contribution in [-0.4, -0.2) is 4.89 Å². The summed E-state index contributed by atoms with van der Waals surface area (Å²) in [5.41, 5.74) is 0. The Kier molecular flexibility index (Phi) is 3.49. The summed E-state index contributed by atoms with van der Waals surface area (Å²) in [6, 6.07) is 12.7. The molecule has 0 aliphatic carbocycles. The van der Waals surface area contributed by atoms with Crippen LogP contribution in [0.15, 0.2) is 42.5 Å². The van der Waals surface area contributed by atoms with Crippen LogP contribution < -0.4 is 4.52 Å². The fourth-order valence-corrected chi connectivity index (χ4v) is 2.09. The molecule has 0 heterocycles. The quantitative estimate of drug-likeness (QED) is 0.678. The van der Waals surface area contributed by atoms with Crippen molar-refractivity contribution in [3.63, 3.8) is 0 Å². The highest BCUT2D eigenvalue weighted by molar-refractivity contribution is 14.1. The Morgan fingerprint density at radius 2 is 1.81 bits per heavy atom. The molecule has 0 saturated carbocycles. The van der Waals surface area contributed by atoms with Gasteiger partial charge in [0, 0.05) is 5.39 Å². The molecule has 16 heavy (non-hydrogen) atoms. The van der Waals surface area contributed by atoms with Crippen molar-refractivity contribution in [1.82, 2.24) is 0 Å². The molecule has 0 bridgehead atoms. The monoisotopic (exact) mass is 350 g/mol. The molecular weight excluding hydrogens is 342 g/mol. The van der Waals surface area contributed by atoms with Crippen LogP contribution in [0.3, 0.4) is 0 Å². The predicted octanol–water partition coefficient (Wildman–Crippen LogP) is 3.69. The van der Waals surface area contributed by atoms with Crippen LogP contribution in [-0.2, 0) is 7.42 Å². The maximum absolute atomic E-state index is 11.3. The van der Waals surface area contributed by atoms with Crippen molar-refractivity contribution in [2.75, 3.05) is 0 Å². The second kappa shape index (κ2) is 4.71. The summed E-state index contributed by atoms with van der Waals surface area (Å²) >= 11 is 1.34. The highest BCUT2D eigenvalue weighted by Crippen LogP contribution is 2.47. The molecule has 0 aliphatic heterocycles. The molecule has 1 N–H and O–H groups in total. The second-order valence-corrected chi connectivity index (χ2v) is 5.55. The largest absolute Gasteiger partial charge is 0.537 e. The van der Waals surface area contributed by atoms with Crippen LogP contribution in [0.25, 0.3) is 10.8 Å². The number of hydrogen-bond acceptors (Lipinski definition) is 3. The Balaban J connectivity index is 2.49. The molecule has 0 saturated heterocycles. The van der Waals surface area contributed by atoms with Crippen molar-refractivity contribution in [2.45, 2.75) is 0 Å². The van der Waals surface area contributed by atoms with Crippen molar-refractivity contribution in [2.24, 2.45) is 0 Å². The zero-order valence-electron chi connectivity index (χ0n) is 8.04. The number of hydrogen-bond donors (Lipinski definition) is 1. The van der Waals surface area contributed by atoms with Crippen LogP contribution in [0.4, 0.5) is 0 Å². The summed E-state index contributed by atoms with van der Waals surface area (Å²) in [5.74, 6) is 0.334. The van der Waals surface area contributed by atoms with E-state index in [9.17, 15) is 9.46 Å². The smallest absolute Gasteiger partial charge is 0.403 e. The number of phosphoric acid groups is 1.